The number of thioether (sulfide) groups is 1. The summed E-state index contributed by atoms with van der Waals surface area (Å²) < 4.78 is 44.4. The number of hydrogen-bond donors (Lipinski definition) is 1. The van der Waals surface area contributed by atoms with E-state index in [1.165, 1.54) is 23.8 Å². The van der Waals surface area contributed by atoms with Gasteiger partial charge in [-0.15, -0.1) is 13.2 Å². The molecule has 1 saturated heterocycles. The van der Waals surface area contributed by atoms with Crippen LogP contribution in [0.3, 0.4) is 0 Å². The van der Waals surface area contributed by atoms with Crippen molar-refractivity contribution < 1.29 is 27.5 Å². The second-order valence-electron chi connectivity index (χ2n) is 10.1. The molecule has 8 heteroatoms. The second-order valence-corrected chi connectivity index (χ2v) is 11.1. The minimum absolute atomic E-state index is 0.0557. The maximum atomic E-state index is 13.3. The van der Waals surface area contributed by atoms with Crippen molar-refractivity contribution in [2.75, 3.05) is 0 Å². The van der Waals surface area contributed by atoms with Crippen molar-refractivity contribution >= 4 is 29.0 Å². The predicted molar refractivity (Wildman–Crippen MR) is 128 cm³/mol. The van der Waals surface area contributed by atoms with Crippen LogP contribution in [-0.2, 0) is 15.6 Å². The third-order valence-electron chi connectivity index (χ3n) is 6.68. The van der Waals surface area contributed by atoms with Crippen LogP contribution < -0.4 is 10.1 Å². The van der Waals surface area contributed by atoms with E-state index in [9.17, 15) is 22.8 Å². The van der Waals surface area contributed by atoms with Crippen molar-refractivity contribution in [3.05, 3.63) is 57.5 Å². The molecule has 1 fully saturated rings. The van der Waals surface area contributed by atoms with Crippen molar-refractivity contribution in [2.24, 2.45) is 0 Å². The number of benzene rings is 2. The molecule has 2 aromatic carbocycles. The van der Waals surface area contributed by atoms with Gasteiger partial charge in [-0.25, -0.2) is 0 Å². The molecule has 0 aromatic heterocycles. The van der Waals surface area contributed by atoms with E-state index in [1.807, 2.05) is 13.0 Å². The summed E-state index contributed by atoms with van der Waals surface area (Å²) in [7, 11) is 0. The summed E-state index contributed by atoms with van der Waals surface area (Å²) in [5.41, 5.74) is 4.08. The minimum Gasteiger partial charge on any atom is -0.405 e. The van der Waals surface area contributed by atoms with Crippen LogP contribution in [-0.4, -0.2) is 17.5 Å². The van der Waals surface area contributed by atoms with Gasteiger partial charge in [0.25, 0.3) is 11.1 Å². The summed E-state index contributed by atoms with van der Waals surface area (Å²) in [6, 6.07) is 8.37. The standard InChI is InChI=1S/C26H26F3NO3S/c1-14-11-17-18(25(4,5)10-9-24(17,2)3)13-16(14)21-15(12-20-22(31)30-23(32)34-20)7-6-8-19(21)33-26(27,28)29/h6-8,11-13H,9-10H2,1-5H3,(H,30,31,32). The van der Waals surface area contributed by atoms with Crippen molar-refractivity contribution in [2.45, 2.75) is 64.7 Å². The van der Waals surface area contributed by atoms with Crippen molar-refractivity contribution in [3.8, 4) is 16.9 Å². The monoisotopic (exact) mass is 489 g/mol. The fourth-order valence-corrected chi connectivity index (χ4v) is 5.39. The molecule has 1 aliphatic carbocycles. The molecule has 0 atom stereocenters. The molecule has 1 N–H and O–H groups in total. The summed E-state index contributed by atoms with van der Waals surface area (Å²) >= 11 is 0.716. The van der Waals surface area contributed by atoms with Crippen LogP contribution in [0.4, 0.5) is 18.0 Å². The zero-order valence-corrected chi connectivity index (χ0v) is 20.5. The molecule has 2 amide bonds. The smallest absolute Gasteiger partial charge is 0.405 e. The molecular weight excluding hydrogens is 463 g/mol. The van der Waals surface area contributed by atoms with Gasteiger partial charge in [-0.1, -0.05) is 45.9 Å². The van der Waals surface area contributed by atoms with Gasteiger partial charge in [0.05, 0.1) is 4.91 Å². The average molecular weight is 490 g/mol. The number of aryl methyl sites for hydroxylation is 1. The maximum Gasteiger partial charge on any atom is 0.573 e. The van der Waals surface area contributed by atoms with Crippen molar-refractivity contribution in [3.63, 3.8) is 0 Å². The molecule has 1 aliphatic heterocycles. The van der Waals surface area contributed by atoms with Gasteiger partial charge in [0.15, 0.2) is 0 Å². The summed E-state index contributed by atoms with van der Waals surface area (Å²) in [6.45, 7) is 10.5. The first kappa shape index (κ1) is 24.4. The fraction of sp³-hybridized carbons (Fsp3) is 0.385. The van der Waals surface area contributed by atoms with Gasteiger partial charge in [-0.05, 0) is 88.4 Å². The highest BCUT2D eigenvalue weighted by atomic mass is 32.2. The number of halogens is 3. The molecule has 0 unspecified atom stereocenters. The largest absolute Gasteiger partial charge is 0.573 e. The number of fused-ring (bicyclic) bond motifs is 1. The fourth-order valence-electron chi connectivity index (χ4n) is 4.72. The predicted octanol–water partition coefficient (Wildman–Crippen LogP) is 7.23. The average Bonchev–Trinajstić information content (AvgIpc) is 3.01. The summed E-state index contributed by atoms with van der Waals surface area (Å²) in [4.78, 5) is 23.9. The second kappa shape index (κ2) is 8.18. The first-order valence-corrected chi connectivity index (χ1v) is 11.8. The number of carbonyl (C=O) groups excluding carboxylic acids is 2. The molecule has 0 radical (unpaired) electrons. The highest BCUT2D eigenvalue weighted by Crippen LogP contribution is 2.49. The number of hydrogen-bond acceptors (Lipinski definition) is 4. The Labute approximate surface area is 201 Å². The number of imide groups is 1. The molecule has 2 aliphatic rings. The first-order valence-electron chi connectivity index (χ1n) is 11.0. The van der Waals surface area contributed by atoms with E-state index in [1.54, 1.807) is 6.07 Å². The van der Waals surface area contributed by atoms with Crippen molar-refractivity contribution in [1.82, 2.24) is 5.32 Å². The topological polar surface area (TPSA) is 55.4 Å². The van der Waals surface area contributed by atoms with Crippen LogP contribution in [0, 0.1) is 6.92 Å². The Hall–Kier alpha value is -2.74. The van der Waals surface area contributed by atoms with Crippen LogP contribution in [0.25, 0.3) is 17.2 Å². The first-order chi connectivity index (χ1) is 15.7. The molecule has 180 valence electrons. The van der Waals surface area contributed by atoms with E-state index < -0.39 is 17.5 Å². The molecule has 4 rings (SSSR count). The Morgan fingerprint density at radius 2 is 1.65 bits per heavy atom. The lowest BCUT2D eigenvalue weighted by atomic mass is 9.62. The number of rotatable bonds is 3. The van der Waals surface area contributed by atoms with Gasteiger partial charge in [0.1, 0.15) is 5.75 Å². The van der Waals surface area contributed by atoms with E-state index in [4.69, 9.17) is 0 Å². The number of amides is 2. The molecule has 0 spiro atoms. The van der Waals surface area contributed by atoms with Gasteiger partial charge >= 0.3 is 6.36 Å². The molecule has 0 bridgehead atoms. The lowest BCUT2D eigenvalue weighted by molar-refractivity contribution is -0.274. The molecule has 34 heavy (non-hydrogen) atoms. The number of nitrogens with one attached hydrogen (secondary N) is 1. The minimum atomic E-state index is -4.89. The van der Waals surface area contributed by atoms with Gasteiger partial charge in [0.2, 0.25) is 0 Å². The zero-order chi connectivity index (χ0) is 25.1. The number of ether oxygens (including phenoxy) is 1. The normalized spacial score (nSPS) is 20.3. The third-order valence-corrected chi connectivity index (χ3v) is 7.49. The summed E-state index contributed by atoms with van der Waals surface area (Å²) in [6.07, 6.45) is -1.49. The molecule has 4 nitrogen and oxygen atoms in total. The van der Waals surface area contributed by atoms with E-state index in [0.717, 1.165) is 24.0 Å². The number of alkyl halides is 3. The SMILES string of the molecule is Cc1cc2c(cc1-c1c(C=C3SC(=O)NC3=O)cccc1OC(F)(F)F)C(C)(C)CCC2(C)C. The van der Waals surface area contributed by atoms with E-state index in [2.05, 4.69) is 43.8 Å². The van der Waals surface area contributed by atoms with Crippen LogP contribution in [0.5, 0.6) is 5.75 Å². The maximum absolute atomic E-state index is 13.3. The van der Waals surface area contributed by atoms with Crippen LogP contribution >= 0.6 is 11.8 Å². The Bertz CT molecular complexity index is 1230. The Balaban J connectivity index is 1.99. The highest BCUT2D eigenvalue weighted by Gasteiger charge is 2.38. The molecule has 0 saturated carbocycles. The van der Waals surface area contributed by atoms with E-state index in [0.29, 0.717) is 22.9 Å². The van der Waals surface area contributed by atoms with Crippen molar-refractivity contribution in [1.29, 1.82) is 0 Å². The molecule has 1 heterocycles. The van der Waals surface area contributed by atoms with Crippen LogP contribution in [0.15, 0.2) is 35.2 Å². The van der Waals surface area contributed by atoms with Gasteiger partial charge in [-0.2, -0.15) is 0 Å². The Morgan fingerprint density at radius 1 is 1.03 bits per heavy atom. The molecule has 2 aromatic rings. The lowest BCUT2D eigenvalue weighted by Gasteiger charge is -2.42. The lowest BCUT2D eigenvalue weighted by Crippen LogP contribution is -2.34. The third kappa shape index (κ3) is 4.60. The quantitative estimate of drug-likeness (QED) is 0.462. The van der Waals surface area contributed by atoms with Gasteiger partial charge in [0, 0.05) is 5.56 Å². The summed E-state index contributed by atoms with van der Waals surface area (Å²) in [5, 5.41) is 1.66. The zero-order valence-electron chi connectivity index (χ0n) is 19.6. The molecular formula is C26H26F3NO3S. The Kier molecular flexibility index (Phi) is 5.87. The van der Waals surface area contributed by atoms with E-state index >= 15 is 0 Å². The van der Waals surface area contributed by atoms with Gasteiger partial charge < -0.3 is 4.74 Å². The van der Waals surface area contributed by atoms with Gasteiger partial charge in [-0.3, -0.25) is 14.9 Å². The van der Waals surface area contributed by atoms with E-state index in [-0.39, 0.29) is 27.0 Å². The Morgan fingerprint density at radius 3 is 2.21 bits per heavy atom. The van der Waals surface area contributed by atoms with Crippen LogP contribution in [0.1, 0.15) is 62.8 Å². The van der Waals surface area contributed by atoms with Crippen LogP contribution in [0.2, 0.25) is 0 Å². The number of carbonyl (C=O) groups is 2. The summed E-state index contributed by atoms with van der Waals surface area (Å²) in [5.74, 6) is -0.930. The highest BCUT2D eigenvalue weighted by molar-refractivity contribution is 8.18.